The molecule has 0 aliphatic heterocycles. The fraction of sp³-hybridized carbons (Fsp3) is 0.533. The molecule has 2 amide bonds. The van der Waals surface area contributed by atoms with Gasteiger partial charge in [-0.2, -0.15) is 0 Å². The lowest BCUT2D eigenvalue weighted by Crippen LogP contribution is -2.39. The first-order chi connectivity index (χ1) is 10.1. The minimum atomic E-state index is -0.901. The van der Waals surface area contributed by atoms with Crippen molar-refractivity contribution < 1.29 is 13.7 Å². The summed E-state index contributed by atoms with van der Waals surface area (Å²) in [6.45, 7) is 4.93. The molecule has 0 aromatic heterocycles. The molecule has 0 unspecified atom stereocenters. The summed E-state index contributed by atoms with van der Waals surface area (Å²) in [4.78, 5) is 11.9. The van der Waals surface area contributed by atoms with Gasteiger partial charge in [-0.25, -0.2) is 4.79 Å². The number of rotatable bonds is 8. The van der Waals surface area contributed by atoms with E-state index in [-0.39, 0.29) is 12.1 Å². The van der Waals surface area contributed by atoms with Gasteiger partial charge in [0.15, 0.2) is 0 Å². The van der Waals surface area contributed by atoms with Gasteiger partial charge in [0.2, 0.25) is 0 Å². The van der Waals surface area contributed by atoms with Crippen LogP contribution in [0.25, 0.3) is 0 Å². The summed E-state index contributed by atoms with van der Waals surface area (Å²) in [5, 5.41) is 5.64. The van der Waals surface area contributed by atoms with E-state index >= 15 is 0 Å². The minimum Gasteiger partial charge on any atom is -0.494 e. The van der Waals surface area contributed by atoms with Crippen LogP contribution in [0.5, 0.6) is 5.75 Å². The van der Waals surface area contributed by atoms with Crippen LogP contribution in [0.3, 0.4) is 0 Å². The van der Waals surface area contributed by atoms with Crippen molar-refractivity contribution in [3.8, 4) is 5.75 Å². The Hall–Kier alpha value is -1.56. The van der Waals surface area contributed by atoms with E-state index in [1.54, 1.807) is 6.26 Å². The van der Waals surface area contributed by atoms with E-state index in [4.69, 9.17) is 4.74 Å². The molecule has 118 valence electrons. The molecule has 0 heterocycles. The Balaban J connectivity index is 2.66. The largest absolute Gasteiger partial charge is 0.494 e. The molecule has 0 fully saturated rings. The lowest BCUT2D eigenvalue weighted by atomic mass is 10.0. The van der Waals surface area contributed by atoms with Gasteiger partial charge in [0.25, 0.3) is 0 Å². The van der Waals surface area contributed by atoms with Crippen LogP contribution < -0.4 is 15.4 Å². The second kappa shape index (κ2) is 9.39. The summed E-state index contributed by atoms with van der Waals surface area (Å²) in [6.07, 6.45) is 2.38. The maximum absolute atomic E-state index is 11.9. The molecule has 5 nitrogen and oxygen atoms in total. The third kappa shape index (κ3) is 6.16. The molecule has 0 spiro atoms. The van der Waals surface area contributed by atoms with Crippen molar-refractivity contribution in [2.24, 2.45) is 0 Å². The van der Waals surface area contributed by atoms with E-state index in [9.17, 15) is 9.00 Å². The van der Waals surface area contributed by atoms with Crippen LogP contribution in [0.1, 0.15) is 31.9 Å². The molecule has 0 bridgehead atoms. The van der Waals surface area contributed by atoms with Crippen LogP contribution in [-0.2, 0) is 10.8 Å². The zero-order valence-corrected chi connectivity index (χ0v) is 13.7. The van der Waals surface area contributed by atoms with Crippen molar-refractivity contribution in [3.05, 3.63) is 29.8 Å². The summed E-state index contributed by atoms with van der Waals surface area (Å²) in [7, 11) is -0.901. The second-order valence-corrected chi connectivity index (χ2v) is 6.16. The van der Waals surface area contributed by atoms with Gasteiger partial charge < -0.3 is 15.4 Å². The summed E-state index contributed by atoms with van der Waals surface area (Å²) in [5.74, 6) is 1.25. The van der Waals surface area contributed by atoms with Gasteiger partial charge in [0.05, 0.1) is 12.6 Å². The summed E-state index contributed by atoms with van der Waals surface area (Å²) in [5.41, 5.74) is 0.969. The number of nitrogens with one attached hydrogen (secondary N) is 2. The highest BCUT2D eigenvalue weighted by atomic mass is 32.2. The topological polar surface area (TPSA) is 67.4 Å². The normalized spacial score (nSPS) is 13.3. The second-order valence-electron chi connectivity index (χ2n) is 4.61. The average molecular weight is 312 g/mol. The first-order valence-corrected chi connectivity index (χ1v) is 8.87. The number of hydrogen-bond donors (Lipinski definition) is 2. The summed E-state index contributed by atoms with van der Waals surface area (Å²) in [6, 6.07) is 7.35. The zero-order chi connectivity index (χ0) is 15.7. The lowest BCUT2D eigenvalue weighted by molar-refractivity contribution is 0.237. The Labute approximate surface area is 128 Å². The van der Waals surface area contributed by atoms with Gasteiger partial charge in [-0.1, -0.05) is 25.1 Å². The van der Waals surface area contributed by atoms with E-state index in [1.807, 2.05) is 38.1 Å². The van der Waals surface area contributed by atoms with Crippen molar-refractivity contribution in [3.63, 3.8) is 0 Å². The first-order valence-electron chi connectivity index (χ1n) is 7.14. The monoisotopic (exact) mass is 312 g/mol. The van der Waals surface area contributed by atoms with Crippen LogP contribution in [0.4, 0.5) is 4.79 Å². The average Bonchev–Trinajstić information content (AvgIpc) is 2.45. The highest BCUT2D eigenvalue weighted by molar-refractivity contribution is 7.84. The van der Waals surface area contributed by atoms with Crippen molar-refractivity contribution in [1.29, 1.82) is 0 Å². The Morgan fingerprint density at radius 2 is 2.05 bits per heavy atom. The number of carbonyl (C=O) groups excluding carboxylic acids is 1. The van der Waals surface area contributed by atoms with Gasteiger partial charge in [0.1, 0.15) is 5.75 Å². The number of para-hydroxylation sites is 1. The molecule has 1 aromatic carbocycles. The van der Waals surface area contributed by atoms with E-state index < -0.39 is 10.8 Å². The quantitative estimate of drug-likeness (QED) is 0.773. The molecular weight excluding hydrogens is 288 g/mol. The predicted octanol–water partition coefficient (Wildman–Crippen LogP) is 2.21. The number of amides is 2. The number of benzene rings is 1. The Morgan fingerprint density at radius 1 is 1.33 bits per heavy atom. The molecule has 0 aliphatic rings. The minimum absolute atomic E-state index is 0.111. The smallest absolute Gasteiger partial charge is 0.315 e. The molecule has 0 saturated heterocycles. The maximum Gasteiger partial charge on any atom is 0.315 e. The highest BCUT2D eigenvalue weighted by Crippen LogP contribution is 2.27. The molecule has 0 saturated carbocycles. The predicted molar refractivity (Wildman–Crippen MR) is 86.1 cm³/mol. The standard InChI is InChI=1S/C15H24N2O3S/c1-4-13(17-15(18)16-10-11-21(3)19)12-8-6-7-9-14(12)20-5-2/h6-9,13H,4-5,10-11H2,1-3H3,(H2,16,17,18)/t13-,21-/m0/s1. The Morgan fingerprint density at radius 3 is 2.67 bits per heavy atom. The molecule has 6 heteroatoms. The van der Waals surface area contributed by atoms with E-state index in [2.05, 4.69) is 10.6 Å². The van der Waals surface area contributed by atoms with Gasteiger partial charge >= 0.3 is 6.03 Å². The molecule has 2 N–H and O–H groups in total. The Bertz CT molecular complexity index is 480. The number of hydrogen-bond acceptors (Lipinski definition) is 3. The van der Waals surface area contributed by atoms with Gasteiger partial charge in [-0.3, -0.25) is 4.21 Å². The van der Waals surface area contributed by atoms with E-state index in [0.29, 0.717) is 18.9 Å². The highest BCUT2D eigenvalue weighted by Gasteiger charge is 2.16. The van der Waals surface area contributed by atoms with Crippen LogP contribution in [-0.4, -0.2) is 35.4 Å². The Kier molecular flexibility index (Phi) is 7.82. The van der Waals surface area contributed by atoms with E-state index in [0.717, 1.165) is 17.7 Å². The van der Waals surface area contributed by atoms with Crippen molar-refractivity contribution in [2.75, 3.05) is 25.2 Å². The lowest BCUT2D eigenvalue weighted by Gasteiger charge is -2.20. The number of ether oxygens (including phenoxy) is 1. The fourth-order valence-corrected chi connectivity index (χ4v) is 2.36. The van der Waals surface area contributed by atoms with Gasteiger partial charge in [-0.05, 0) is 19.4 Å². The van der Waals surface area contributed by atoms with Crippen molar-refractivity contribution in [1.82, 2.24) is 10.6 Å². The van der Waals surface area contributed by atoms with Gasteiger partial charge in [0, 0.05) is 34.9 Å². The molecular formula is C15H24N2O3S. The molecule has 1 aromatic rings. The van der Waals surface area contributed by atoms with Crippen LogP contribution in [0, 0.1) is 0 Å². The third-order valence-electron chi connectivity index (χ3n) is 2.98. The molecule has 21 heavy (non-hydrogen) atoms. The molecule has 1 rings (SSSR count). The molecule has 0 aliphatic carbocycles. The van der Waals surface area contributed by atoms with Gasteiger partial charge in [-0.15, -0.1) is 0 Å². The zero-order valence-electron chi connectivity index (χ0n) is 12.8. The first kappa shape index (κ1) is 17.5. The van der Waals surface area contributed by atoms with Crippen LogP contribution >= 0.6 is 0 Å². The number of urea groups is 1. The van der Waals surface area contributed by atoms with Crippen molar-refractivity contribution >= 4 is 16.8 Å². The third-order valence-corrected chi connectivity index (χ3v) is 3.76. The summed E-state index contributed by atoms with van der Waals surface area (Å²) < 4.78 is 16.6. The summed E-state index contributed by atoms with van der Waals surface area (Å²) >= 11 is 0. The van der Waals surface area contributed by atoms with Crippen LogP contribution in [0.2, 0.25) is 0 Å². The number of carbonyl (C=O) groups is 1. The molecule has 2 atom stereocenters. The fourth-order valence-electron chi connectivity index (χ4n) is 1.97. The molecule has 0 radical (unpaired) electrons. The van der Waals surface area contributed by atoms with Crippen molar-refractivity contribution in [2.45, 2.75) is 26.3 Å². The maximum atomic E-state index is 11.9. The van der Waals surface area contributed by atoms with Crippen LogP contribution in [0.15, 0.2) is 24.3 Å². The van der Waals surface area contributed by atoms with E-state index in [1.165, 1.54) is 0 Å². The SMILES string of the molecule is CCOc1ccccc1[C@H](CC)NC(=O)NCC[S@](C)=O.